The van der Waals surface area contributed by atoms with Crippen molar-refractivity contribution >= 4 is 34.1 Å². The van der Waals surface area contributed by atoms with E-state index in [1.807, 2.05) is 44.2 Å². The maximum Gasteiger partial charge on any atom is 0.340 e. The second kappa shape index (κ2) is 10.2. The predicted molar refractivity (Wildman–Crippen MR) is 123 cm³/mol. The summed E-state index contributed by atoms with van der Waals surface area (Å²) in [6, 6.07) is 12.7. The standard InChI is InChI=1S/C25H28N2O5/c1-16-12-21(17(2)27(16)10-7-11-31-4)24(29)15-32-25(30)22-13-19-8-5-6-9-20(19)14-23(22)26-18(3)28/h5-6,8-9,12-14H,7,10-11,15H2,1-4H3,(H,26,28). The molecule has 1 heterocycles. The van der Waals surface area contributed by atoms with Crippen LogP contribution in [0.5, 0.6) is 0 Å². The Morgan fingerprint density at radius 1 is 1.00 bits per heavy atom. The molecule has 7 nitrogen and oxygen atoms in total. The third-order valence-electron chi connectivity index (χ3n) is 5.36. The second-order valence-corrected chi connectivity index (χ2v) is 7.71. The van der Waals surface area contributed by atoms with Crippen molar-refractivity contribution in [1.29, 1.82) is 0 Å². The summed E-state index contributed by atoms with van der Waals surface area (Å²) >= 11 is 0. The summed E-state index contributed by atoms with van der Waals surface area (Å²) in [7, 11) is 1.66. The summed E-state index contributed by atoms with van der Waals surface area (Å²) in [5.74, 6) is -1.24. The fourth-order valence-electron chi connectivity index (χ4n) is 3.78. The molecular formula is C25H28N2O5. The number of amides is 1. The van der Waals surface area contributed by atoms with Gasteiger partial charge in [-0.1, -0.05) is 24.3 Å². The van der Waals surface area contributed by atoms with Crippen LogP contribution in [0.2, 0.25) is 0 Å². The van der Waals surface area contributed by atoms with Crippen LogP contribution in [-0.2, 0) is 20.8 Å². The SMILES string of the molecule is COCCCn1c(C)cc(C(=O)COC(=O)c2cc3ccccc3cc2NC(C)=O)c1C. The molecule has 0 spiro atoms. The van der Waals surface area contributed by atoms with Gasteiger partial charge in [-0.05, 0) is 49.2 Å². The molecule has 1 aromatic heterocycles. The number of carbonyl (C=O) groups is 3. The Kier molecular flexibility index (Phi) is 7.43. The number of nitrogens with zero attached hydrogens (tertiary/aromatic N) is 1. The molecule has 2 aromatic carbocycles. The van der Waals surface area contributed by atoms with Crippen LogP contribution in [0, 0.1) is 13.8 Å². The summed E-state index contributed by atoms with van der Waals surface area (Å²) in [5, 5.41) is 4.38. The van der Waals surface area contributed by atoms with E-state index in [2.05, 4.69) is 9.88 Å². The largest absolute Gasteiger partial charge is 0.454 e. The molecule has 0 saturated heterocycles. The Morgan fingerprint density at radius 3 is 2.34 bits per heavy atom. The number of carbonyl (C=O) groups excluding carboxylic acids is 3. The summed E-state index contributed by atoms with van der Waals surface area (Å²) in [6.07, 6.45) is 0.837. The number of nitrogens with one attached hydrogen (secondary N) is 1. The minimum Gasteiger partial charge on any atom is -0.454 e. The van der Waals surface area contributed by atoms with Crippen LogP contribution in [0.15, 0.2) is 42.5 Å². The number of hydrogen-bond donors (Lipinski definition) is 1. The first-order valence-electron chi connectivity index (χ1n) is 10.5. The van der Waals surface area contributed by atoms with Crippen molar-refractivity contribution in [2.45, 2.75) is 33.7 Å². The Balaban J connectivity index is 1.77. The van der Waals surface area contributed by atoms with Crippen molar-refractivity contribution < 1.29 is 23.9 Å². The monoisotopic (exact) mass is 436 g/mol. The van der Waals surface area contributed by atoms with Crippen LogP contribution >= 0.6 is 0 Å². The molecule has 0 aliphatic carbocycles. The van der Waals surface area contributed by atoms with Gasteiger partial charge in [0.1, 0.15) is 0 Å². The van der Waals surface area contributed by atoms with E-state index >= 15 is 0 Å². The molecule has 0 aliphatic heterocycles. The highest BCUT2D eigenvalue weighted by Crippen LogP contribution is 2.25. The van der Waals surface area contributed by atoms with Crippen LogP contribution in [0.4, 0.5) is 5.69 Å². The highest BCUT2D eigenvalue weighted by molar-refractivity contribution is 6.06. The van der Waals surface area contributed by atoms with Gasteiger partial charge >= 0.3 is 5.97 Å². The summed E-state index contributed by atoms with van der Waals surface area (Å²) < 4.78 is 12.5. The second-order valence-electron chi connectivity index (χ2n) is 7.71. The van der Waals surface area contributed by atoms with E-state index in [0.29, 0.717) is 17.9 Å². The number of ketones is 1. The van der Waals surface area contributed by atoms with Crippen molar-refractivity contribution in [3.8, 4) is 0 Å². The molecule has 3 rings (SSSR count). The maximum absolute atomic E-state index is 12.8. The molecule has 0 aliphatic rings. The lowest BCUT2D eigenvalue weighted by molar-refractivity contribution is -0.114. The summed E-state index contributed by atoms with van der Waals surface area (Å²) in [6.45, 7) is 6.20. The van der Waals surface area contributed by atoms with E-state index in [1.165, 1.54) is 6.92 Å². The number of benzene rings is 2. The smallest absolute Gasteiger partial charge is 0.340 e. The van der Waals surface area contributed by atoms with Crippen molar-refractivity contribution in [2.24, 2.45) is 0 Å². The average Bonchev–Trinajstić information content (AvgIpc) is 3.05. The number of ether oxygens (including phenoxy) is 2. The number of rotatable bonds is 9. The van der Waals surface area contributed by atoms with Crippen LogP contribution in [0.3, 0.4) is 0 Å². The molecule has 32 heavy (non-hydrogen) atoms. The summed E-state index contributed by atoms with van der Waals surface area (Å²) in [4.78, 5) is 37.2. The number of Topliss-reactive ketones (excluding diaryl/α,β-unsaturated/α-hetero) is 1. The van der Waals surface area contributed by atoms with E-state index in [9.17, 15) is 14.4 Å². The molecule has 3 aromatic rings. The van der Waals surface area contributed by atoms with E-state index in [0.717, 1.165) is 35.1 Å². The van der Waals surface area contributed by atoms with Crippen molar-refractivity contribution in [2.75, 3.05) is 25.6 Å². The van der Waals surface area contributed by atoms with E-state index in [-0.39, 0.29) is 23.9 Å². The van der Waals surface area contributed by atoms with Gasteiger partial charge in [-0.3, -0.25) is 9.59 Å². The van der Waals surface area contributed by atoms with E-state index < -0.39 is 5.97 Å². The molecule has 0 saturated carbocycles. The predicted octanol–water partition coefficient (Wildman–Crippen LogP) is 4.29. The highest BCUT2D eigenvalue weighted by atomic mass is 16.5. The summed E-state index contributed by atoms with van der Waals surface area (Å²) in [5.41, 5.74) is 2.90. The van der Waals surface area contributed by atoms with Gasteiger partial charge in [0.25, 0.3) is 0 Å². The molecule has 1 amide bonds. The van der Waals surface area contributed by atoms with Crippen molar-refractivity contribution in [1.82, 2.24) is 4.57 Å². The highest BCUT2D eigenvalue weighted by Gasteiger charge is 2.20. The van der Waals surface area contributed by atoms with Gasteiger partial charge in [-0.25, -0.2) is 4.79 Å². The number of fused-ring (bicyclic) bond motifs is 1. The Labute approximate surface area is 187 Å². The lowest BCUT2D eigenvalue weighted by Crippen LogP contribution is -2.17. The molecular weight excluding hydrogens is 408 g/mol. The molecule has 168 valence electrons. The number of hydrogen-bond acceptors (Lipinski definition) is 5. The van der Waals surface area contributed by atoms with Crippen molar-refractivity contribution in [3.63, 3.8) is 0 Å². The normalized spacial score (nSPS) is 10.9. The maximum atomic E-state index is 12.8. The molecule has 1 N–H and O–H groups in total. The number of aromatic nitrogens is 1. The van der Waals surface area contributed by atoms with Crippen molar-refractivity contribution in [3.05, 3.63) is 65.0 Å². The fraction of sp³-hybridized carbons (Fsp3) is 0.320. The van der Waals surface area contributed by atoms with Gasteiger partial charge in [0.2, 0.25) is 11.7 Å². The topological polar surface area (TPSA) is 86.6 Å². The van der Waals surface area contributed by atoms with Gasteiger partial charge in [0.05, 0.1) is 11.3 Å². The Morgan fingerprint density at radius 2 is 1.69 bits per heavy atom. The Bertz CT molecular complexity index is 1160. The van der Waals surface area contributed by atoms with Crippen LogP contribution < -0.4 is 5.32 Å². The van der Waals surface area contributed by atoms with Crippen LogP contribution in [0.25, 0.3) is 10.8 Å². The molecule has 0 unspecified atom stereocenters. The Hall–Kier alpha value is -3.45. The zero-order chi connectivity index (χ0) is 23.3. The number of methoxy groups -OCH3 is 1. The minimum absolute atomic E-state index is 0.205. The van der Waals surface area contributed by atoms with Gasteiger partial charge < -0.3 is 19.4 Å². The lowest BCUT2D eigenvalue weighted by Gasteiger charge is -2.12. The lowest BCUT2D eigenvalue weighted by atomic mass is 10.0. The zero-order valence-corrected chi connectivity index (χ0v) is 18.9. The van der Waals surface area contributed by atoms with Gasteiger partial charge in [-0.15, -0.1) is 0 Å². The quantitative estimate of drug-likeness (QED) is 0.307. The third kappa shape index (κ3) is 5.23. The van der Waals surface area contributed by atoms with Gasteiger partial charge in [0, 0.05) is 44.1 Å². The number of anilines is 1. The first-order chi connectivity index (χ1) is 15.3. The van der Waals surface area contributed by atoms with E-state index in [1.54, 1.807) is 19.2 Å². The molecule has 0 atom stereocenters. The average molecular weight is 437 g/mol. The van der Waals surface area contributed by atoms with Crippen LogP contribution in [0.1, 0.15) is 45.4 Å². The molecule has 0 fully saturated rings. The minimum atomic E-state index is -0.665. The van der Waals surface area contributed by atoms with Crippen LogP contribution in [-0.4, -0.2) is 42.6 Å². The van der Waals surface area contributed by atoms with Gasteiger partial charge in [0.15, 0.2) is 6.61 Å². The fourth-order valence-corrected chi connectivity index (χ4v) is 3.78. The van der Waals surface area contributed by atoms with E-state index in [4.69, 9.17) is 9.47 Å². The first-order valence-corrected chi connectivity index (χ1v) is 10.5. The number of aryl methyl sites for hydroxylation is 1. The third-order valence-corrected chi connectivity index (χ3v) is 5.36. The first kappa shape index (κ1) is 23.2. The van der Waals surface area contributed by atoms with Gasteiger partial charge in [-0.2, -0.15) is 0 Å². The molecule has 0 bridgehead atoms. The zero-order valence-electron chi connectivity index (χ0n) is 18.9. The molecule has 7 heteroatoms. The number of esters is 1. The molecule has 0 radical (unpaired) electrons.